The van der Waals surface area contributed by atoms with Crippen LogP contribution in [0, 0.1) is 13.8 Å². The Morgan fingerprint density at radius 3 is 2.26 bits per heavy atom. The quantitative estimate of drug-likeness (QED) is 0.783. The third kappa shape index (κ3) is 4.09. The fourth-order valence-electron chi connectivity index (χ4n) is 2.25. The summed E-state index contributed by atoms with van der Waals surface area (Å²) in [6, 6.07) is 6.10. The number of carboxylic acid groups (broad SMARTS) is 1. The van der Waals surface area contributed by atoms with E-state index in [0.717, 1.165) is 22.5 Å². The van der Waals surface area contributed by atoms with Gasteiger partial charge in [-0.05, 0) is 31.5 Å². The zero-order valence-corrected chi connectivity index (χ0v) is 13.4. The van der Waals surface area contributed by atoms with Crippen molar-refractivity contribution in [2.75, 3.05) is 0 Å². The third-order valence-electron chi connectivity index (χ3n) is 3.74. The molecule has 7 nitrogen and oxygen atoms in total. The number of urea groups is 1. The number of aromatic carboxylic acids is 1. The number of carboxylic acids is 1. The van der Waals surface area contributed by atoms with E-state index in [9.17, 15) is 9.59 Å². The van der Waals surface area contributed by atoms with Crippen LogP contribution >= 0.6 is 0 Å². The number of hydrogen-bond donors (Lipinski definition) is 3. The van der Waals surface area contributed by atoms with Crippen molar-refractivity contribution >= 4 is 12.0 Å². The molecule has 1 aromatic heterocycles. The average molecular weight is 316 g/mol. The van der Waals surface area contributed by atoms with Gasteiger partial charge in [0.1, 0.15) is 0 Å². The molecule has 2 aromatic rings. The second kappa shape index (κ2) is 6.95. The van der Waals surface area contributed by atoms with Crippen LogP contribution in [0.15, 0.2) is 24.3 Å². The predicted molar refractivity (Wildman–Crippen MR) is 85.2 cm³/mol. The maximum absolute atomic E-state index is 11.9. The highest BCUT2D eigenvalue weighted by atomic mass is 16.4. The minimum Gasteiger partial charge on any atom is -0.478 e. The number of aryl methyl sites for hydroxylation is 2. The molecule has 122 valence electrons. The lowest BCUT2D eigenvalue weighted by Crippen LogP contribution is -2.34. The SMILES string of the molecule is Cc1nn(C)c(C)c1CNC(=O)NCc1ccc(C(=O)O)cc1. The number of amides is 2. The molecule has 0 bridgehead atoms. The number of aromatic nitrogens is 2. The fraction of sp³-hybridized carbons (Fsp3) is 0.312. The van der Waals surface area contributed by atoms with Crippen molar-refractivity contribution < 1.29 is 14.7 Å². The number of carbonyl (C=O) groups is 2. The lowest BCUT2D eigenvalue weighted by Gasteiger charge is -2.08. The number of nitrogens with one attached hydrogen (secondary N) is 2. The van der Waals surface area contributed by atoms with Gasteiger partial charge in [0.2, 0.25) is 0 Å². The van der Waals surface area contributed by atoms with Gasteiger partial charge in [0, 0.05) is 31.4 Å². The maximum Gasteiger partial charge on any atom is 0.335 e. The van der Waals surface area contributed by atoms with Crippen molar-refractivity contribution in [3.63, 3.8) is 0 Å². The highest BCUT2D eigenvalue weighted by molar-refractivity contribution is 5.87. The van der Waals surface area contributed by atoms with Gasteiger partial charge in [-0.2, -0.15) is 5.10 Å². The van der Waals surface area contributed by atoms with Crippen LogP contribution in [0.5, 0.6) is 0 Å². The van der Waals surface area contributed by atoms with Crippen LogP contribution in [-0.4, -0.2) is 26.9 Å². The lowest BCUT2D eigenvalue weighted by molar-refractivity contribution is 0.0697. The molecule has 7 heteroatoms. The first-order valence-electron chi connectivity index (χ1n) is 7.21. The zero-order chi connectivity index (χ0) is 17.0. The van der Waals surface area contributed by atoms with Gasteiger partial charge in [0.25, 0.3) is 0 Å². The number of nitrogens with zero attached hydrogens (tertiary/aromatic N) is 2. The average Bonchev–Trinajstić information content (AvgIpc) is 2.76. The molecule has 0 aliphatic rings. The normalized spacial score (nSPS) is 10.4. The Labute approximate surface area is 134 Å². The summed E-state index contributed by atoms with van der Waals surface area (Å²) < 4.78 is 1.79. The van der Waals surface area contributed by atoms with E-state index in [1.807, 2.05) is 20.9 Å². The maximum atomic E-state index is 11.9. The van der Waals surface area contributed by atoms with E-state index >= 15 is 0 Å². The van der Waals surface area contributed by atoms with Gasteiger partial charge >= 0.3 is 12.0 Å². The van der Waals surface area contributed by atoms with Crippen LogP contribution in [0.25, 0.3) is 0 Å². The molecule has 0 spiro atoms. The molecule has 2 amide bonds. The Balaban J connectivity index is 1.84. The first-order chi connectivity index (χ1) is 10.9. The third-order valence-corrected chi connectivity index (χ3v) is 3.74. The summed E-state index contributed by atoms with van der Waals surface area (Å²) in [5, 5.41) is 18.7. The zero-order valence-electron chi connectivity index (χ0n) is 13.4. The molecule has 0 saturated carbocycles. The lowest BCUT2D eigenvalue weighted by atomic mass is 10.1. The van der Waals surface area contributed by atoms with E-state index in [1.54, 1.807) is 16.8 Å². The van der Waals surface area contributed by atoms with Gasteiger partial charge in [-0.1, -0.05) is 12.1 Å². The summed E-state index contributed by atoms with van der Waals surface area (Å²) in [5.41, 5.74) is 3.98. The Kier molecular flexibility index (Phi) is 5.00. The van der Waals surface area contributed by atoms with Crippen LogP contribution in [0.3, 0.4) is 0 Å². The number of carbonyl (C=O) groups excluding carboxylic acids is 1. The van der Waals surface area contributed by atoms with Crippen molar-refractivity contribution in [2.45, 2.75) is 26.9 Å². The summed E-state index contributed by atoms with van der Waals surface area (Å²) >= 11 is 0. The van der Waals surface area contributed by atoms with E-state index in [1.165, 1.54) is 12.1 Å². The Bertz CT molecular complexity index is 720. The van der Waals surface area contributed by atoms with Gasteiger partial charge in [0.05, 0.1) is 11.3 Å². The molecular weight excluding hydrogens is 296 g/mol. The van der Waals surface area contributed by atoms with Crippen LogP contribution in [0.1, 0.15) is 32.9 Å². The van der Waals surface area contributed by atoms with Gasteiger partial charge in [-0.25, -0.2) is 9.59 Å². The van der Waals surface area contributed by atoms with Crippen LogP contribution < -0.4 is 10.6 Å². The van der Waals surface area contributed by atoms with Gasteiger partial charge < -0.3 is 15.7 Å². The molecule has 0 aliphatic heterocycles. The summed E-state index contributed by atoms with van der Waals surface area (Å²) in [4.78, 5) is 22.6. The standard InChI is InChI=1S/C16H20N4O3/c1-10-14(11(2)20(3)19-10)9-18-16(23)17-8-12-4-6-13(7-5-12)15(21)22/h4-7H,8-9H2,1-3H3,(H,21,22)(H2,17,18,23). The molecule has 3 N–H and O–H groups in total. The minimum absolute atomic E-state index is 0.223. The second-order valence-corrected chi connectivity index (χ2v) is 5.31. The smallest absolute Gasteiger partial charge is 0.335 e. The van der Waals surface area contributed by atoms with Crippen molar-refractivity contribution in [1.29, 1.82) is 0 Å². The van der Waals surface area contributed by atoms with Gasteiger partial charge in [0.15, 0.2) is 0 Å². The molecule has 1 heterocycles. The molecule has 0 atom stereocenters. The minimum atomic E-state index is -0.968. The summed E-state index contributed by atoms with van der Waals surface area (Å²) in [6.45, 7) is 4.61. The van der Waals surface area contributed by atoms with Crippen molar-refractivity contribution in [3.05, 3.63) is 52.3 Å². The first kappa shape index (κ1) is 16.5. The number of hydrogen-bond acceptors (Lipinski definition) is 3. The van der Waals surface area contributed by atoms with Crippen LogP contribution in [0.4, 0.5) is 4.79 Å². The molecule has 0 saturated heterocycles. The molecular formula is C16H20N4O3. The van der Waals surface area contributed by atoms with E-state index < -0.39 is 5.97 Å². The molecule has 1 aromatic carbocycles. The van der Waals surface area contributed by atoms with Crippen LogP contribution in [-0.2, 0) is 20.1 Å². The highest BCUT2D eigenvalue weighted by Gasteiger charge is 2.10. The Morgan fingerprint density at radius 1 is 1.13 bits per heavy atom. The van der Waals surface area contributed by atoms with E-state index in [4.69, 9.17) is 5.11 Å². The summed E-state index contributed by atoms with van der Waals surface area (Å²) in [5.74, 6) is -0.968. The number of benzene rings is 1. The van der Waals surface area contributed by atoms with Gasteiger partial charge in [-0.15, -0.1) is 0 Å². The van der Waals surface area contributed by atoms with Gasteiger partial charge in [-0.3, -0.25) is 4.68 Å². The van der Waals surface area contributed by atoms with Crippen LogP contribution in [0.2, 0.25) is 0 Å². The molecule has 0 radical (unpaired) electrons. The predicted octanol–water partition coefficient (Wildman–Crippen LogP) is 1.73. The second-order valence-electron chi connectivity index (χ2n) is 5.31. The molecule has 0 fully saturated rings. The van der Waals surface area contributed by atoms with E-state index in [0.29, 0.717) is 13.1 Å². The molecule has 0 aliphatic carbocycles. The molecule has 2 rings (SSSR count). The van der Waals surface area contributed by atoms with Crippen molar-refractivity contribution in [1.82, 2.24) is 20.4 Å². The van der Waals surface area contributed by atoms with Crippen molar-refractivity contribution in [2.24, 2.45) is 7.05 Å². The Hall–Kier alpha value is -2.83. The monoisotopic (exact) mass is 316 g/mol. The fourth-order valence-corrected chi connectivity index (χ4v) is 2.25. The number of rotatable bonds is 5. The molecule has 0 unspecified atom stereocenters. The molecule has 23 heavy (non-hydrogen) atoms. The topological polar surface area (TPSA) is 96.3 Å². The first-order valence-corrected chi connectivity index (χ1v) is 7.21. The van der Waals surface area contributed by atoms with Crippen molar-refractivity contribution in [3.8, 4) is 0 Å². The van der Waals surface area contributed by atoms with E-state index in [-0.39, 0.29) is 11.6 Å². The Morgan fingerprint density at radius 2 is 1.74 bits per heavy atom. The summed E-state index contributed by atoms with van der Waals surface area (Å²) in [6.07, 6.45) is 0. The van der Waals surface area contributed by atoms with E-state index in [2.05, 4.69) is 15.7 Å². The largest absolute Gasteiger partial charge is 0.478 e. The summed E-state index contributed by atoms with van der Waals surface area (Å²) in [7, 11) is 1.87. The highest BCUT2D eigenvalue weighted by Crippen LogP contribution is 2.11.